The van der Waals surface area contributed by atoms with Crippen LogP contribution in [-0.4, -0.2) is 112 Å². The van der Waals surface area contributed by atoms with E-state index in [9.17, 15) is 24.8 Å². The number of nitrogens with zero attached hydrogens (tertiary/aromatic N) is 7. The number of hydrogen-bond acceptors (Lipinski definition) is 15. The van der Waals surface area contributed by atoms with Crippen LogP contribution in [0.2, 0.25) is 0 Å². The van der Waals surface area contributed by atoms with Crippen LogP contribution in [0.1, 0.15) is 51.6 Å². The Kier molecular flexibility index (Phi) is 13.9. The lowest BCUT2D eigenvalue weighted by Crippen LogP contribution is -2.59. The van der Waals surface area contributed by atoms with Crippen molar-refractivity contribution in [3.8, 4) is 17.6 Å². The molecule has 0 radical (unpaired) electrons. The third kappa shape index (κ3) is 9.30. The van der Waals surface area contributed by atoms with E-state index in [2.05, 4.69) is 27.1 Å². The molecular weight excluding hydrogens is 963 g/mol. The molecule has 5 heterocycles. The molecule has 5 aromatic carbocycles. The Bertz CT molecular complexity index is 3210. The second kappa shape index (κ2) is 21.1. The number of nitrogens with one attached hydrogen (secondary N) is 1. The van der Waals surface area contributed by atoms with Crippen molar-refractivity contribution in [2.24, 2.45) is 11.7 Å². The fraction of sp³-hybridized carbons (Fsp3) is 0.255. The molecule has 1 spiro atoms. The first kappa shape index (κ1) is 49.4. The Morgan fingerprint density at radius 2 is 1.53 bits per heavy atom. The molecule has 0 aliphatic carbocycles. The first-order valence-electron chi connectivity index (χ1n) is 24.1. The highest BCUT2D eigenvalue weighted by molar-refractivity contribution is 6.23. The lowest BCUT2D eigenvalue weighted by Gasteiger charge is -2.46. The number of aliphatic hydroxyl groups is 1. The van der Waals surface area contributed by atoms with Crippen LogP contribution in [0, 0.1) is 27.9 Å². The molecule has 3 saturated heterocycles. The van der Waals surface area contributed by atoms with Gasteiger partial charge in [-0.1, -0.05) is 84.6 Å². The molecule has 6 aromatic rings. The molecule has 0 bridgehead atoms. The van der Waals surface area contributed by atoms with E-state index in [-0.39, 0.29) is 49.8 Å². The van der Waals surface area contributed by atoms with E-state index in [1.807, 2.05) is 70.5 Å². The number of aliphatic hydroxyl groups excluding tert-OH is 1. The number of benzene rings is 5. The van der Waals surface area contributed by atoms with Crippen LogP contribution in [0.4, 0.5) is 26.9 Å². The molecule has 0 unspecified atom stereocenters. The zero-order valence-electron chi connectivity index (χ0n) is 40.1. The zero-order valence-corrected chi connectivity index (χ0v) is 40.1. The summed E-state index contributed by atoms with van der Waals surface area (Å²) in [5.74, 6) is 2.81. The number of rotatable bonds is 12. The monoisotopic (exact) mass is 1010 g/mol. The van der Waals surface area contributed by atoms with Crippen molar-refractivity contribution in [2.45, 2.75) is 36.3 Å². The van der Waals surface area contributed by atoms with Crippen LogP contribution in [0.15, 0.2) is 146 Å². The van der Waals surface area contributed by atoms with Gasteiger partial charge in [0.05, 0.1) is 41.8 Å². The van der Waals surface area contributed by atoms with Crippen LogP contribution < -0.4 is 25.6 Å². The molecule has 5 amide bonds. The molecule has 3 fully saturated rings. The van der Waals surface area contributed by atoms with Gasteiger partial charge in [-0.05, 0) is 76.3 Å². The number of imide groups is 1. The van der Waals surface area contributed by atoms with E-state index in [0.29, 0.717) is 52.6 Å². The second-order valence-corrected chi connectivity index (χ2v) is 18.1. The third-order valence-electron chi connectivity index (χ3n) is 14.0. The minimum Gasteiger partial charge on any atom is -0.491 e. The van der Waals surface area contributed by atoms with Crippen molar-refractivity contribution in [3.05, 3.63) is 189 Å². The van der Waals surface area contributed by atoms with Gasteiger partial charge in [0.1, 0.15) is 36.5 Å². The van der Waals surface area contributed by atoms with Crippen molar-refractivity contribution in [1.29, 1.82) is 0 Å². The Balaban J connectivity index is 1.21. The number of amides is 5. The number of aromatic nitrogens is 2. The molecule has 4 N–H and O–H groups in total. The van der Waals surface area contributed by atoms with Gasteiger partial charge in [0.25, 0.3) is 5.69 Å². The molecular formula is C55H49N9O11. The van der Waals surface area contributed by atoms with Gasteiger partial charge in [-0.25, -0.2) is 24.5 Å². The van der Waals surface area contributed by atoms with E-state index in [1.165, 1.54) is 30.3 Å². The van der Waals surface area contributed by atoms with Crippen molar-refractivity contribution in [2.75, 3.05) is 55.7 Å². The summed E-state index contributed by atoms with van der Waals surface area (Å²) >= 11 is 0. The number of ether oxygens (including phenoxy) is 3. The number of hydrogen-bond donors (Lipinski definition) is 3. The van der Waals surface area contributed by atoms with Gasteiger partial charge in [0, 0.05) is 56.3 Å². The first-order valence-corrected chi connectivity index (χ1v) is 24.1. The molecule has 6 atom stereocenters. The van der Waals surface area contributed by atoms with Crippen molar-refractivity contribution in [3.63, 3.8) is 0 Å². The Labute approximate surface area is 429 Å². The predicted molar refractivity (Wildman–Crippen MR) is 270 cm³/mol. The number of cyclic esters (lactones) is 1. The SMILES string of the molecule is NC(=O)NCC#Cc1ccc2c(c1)[C@]1(C(=O)N2C(=O)OCc2ccc([N+](=O)[O-])cc2)[C@H](c2cccc(OCCO)c2)N2[C@H](c3ccccc3)[C@H](c3ccccc3)OC(=O)[C@H]2[C@@H]1C(=O)N1CCN(c2ncccn2)CC1. The molecule has 4 aliphatic rings. The number of carbonyl (C=O) groups is 5. The summed E-state index contributed by atoms with van der Waals surface area (Å²) in [5, 5.41) is 23.8. The lowest BCUT2D eigenvalue weighted by atomic mass is 9.64. The predicted octanol–water partition coefficient (Wildman–Crippen LogP) is 5.13. The maximum Gasteiger partial charge on any atom is 0.421 e. The van der Waals surface area contributed by atoms with Crippen LogP contribution >= 0.6 is 0 Å². The smallest absolute Gasteiger partial charge is 0.421 e. The van der Waals surface area contributed by atoms with Gasteiger partial charge < -0.3 is 40.2 Å². The number of esters is 1. The molecule has 4 aliphatic heterocycles. The maximum atomic E-state index is 16.7. The number of non-ortho nitro benzene ring substituents is 1. The van der Waals surface area contributed by atoms with Crippen LogP contribution in [0.25, 0.3) is 0 Å². The highest BCUT2D eigenvalue weighted by Gasteiger charge is 2.76. The van der Waals surface area contributed by atoms with E-state index < -0.39 is 77.0 Å². The Hall–Kier alpha value is -9.19. The second-order valence-electron chi connectivity index (χ2n) is 18.1. The largest absolute Gasteiger partial charge is 0.491 e. The number of piperazine rings is 1. The average Bonchev–Trinajstić information content (AvgIpc) is 3.94. The highest BCUT2D eigenvalue weighted by Crippen LogP contribution is 2.66. The molecule has 380 valence electrons. The van der Waals surface area contributed by atoms with Crippen molar-refractivity contribution < 1.29 is 48.2 Å². The standard InChI is InChI=1S/C55H49N9O11/c56-52(69)57-23-8-10-35-19-22-43-42(32-35)55(51(68)62(43)54(70)74-34-36-17-20-40(21-18-36)64(71)72)44(49(66)60-26-28-61(29-27-60)53-58-24-9-25-59-53)46-50(67)75-47(38-13-5-2-6-14-38)45(37-11-3-1-4-12-37)63(46)48(55)39-15-7-16-41(33-39)73-31-30-65/h1-7,9,11-22,24-25,32-33,44-48,65H,23,26-31,34H2,(H3,56,57,69)/t44-,45-,46-,47+,48+,55-/m1/s1. The minimum absolute atomic E-state index is 0.0418. The van der Waals surface area contributed by atoms with Crippen molar-refractivity contribution >= 4 is 47.2 Å². The van der Waals surface area contributed by atoms with E-state index in [1.54, 1.807) is 59.8 Å². The molecule has 20 heteroatoms. The van der Waals surface area contributed by atoms with Crippen molar-refractivity contribution in [1.82, 2.24) is 25.1 Å². The highest BCUT2D eigenvalue weighted by atomic mass is 16.6. The molecule has 75 heavy (non-hydrogen) atoms. The Morgan fingerprint density at radius 1 is 0.840 bits per heavy atom. The topological polar surface area (TPSA) is 253 Å². The normalized spacial score (nSPS) is 21.8. The number of anilines is 2. The number of nitro groups is 1. The van der Waals surface area contributed by atoms with Gasteiger partial charge in [-0.2, -0.15) is 0 Å². The summed E-state index contributed by atoms with van der Waals surface area (Å²) in [5.41, 5.74) is 5.64. The molecule has 10 rings (SSSR count). The van der Waals surface area contributed by atoms with Crippen LogP contribution in [0.3, 0.4) is 0 Å². The molecule has 20 nitrogen and oxygen atoms in total. The third-order valence-corrected chi connectivity index (χ3v) is 14.0. The van der Waals surface area contributed by atoms with E-state index in [0.717, 1.165) is 4.90 Å². The Morgan fingerprint density at radius 3 is 2.21 bits per heavy atom. The number of primary amides is 1. The number of morpholine rings is 1. The minimum atomic E-state index is -2.18. The van der Waals surface area contributed by atoms with Gasteiger partial charge in [-0.3, -0.25) is 29.4 Å². The summed E-state index contributed by atoms with van der Waals surface area (Å²) < 4.78 is 18.5. The van der Waals surface area contributed by atoms with Gasteiger partial charge in [-0.15, -0.1) is 0 Å². The van der Waals surface area contributed by atoms with Crippen LogP contribution in [-0.2, 0) is 35.9 Å². The van der Waals surface area contributed by atoms with E-state index in [4.69, 9.17) is 19.9 Å². The summed E-state index contributed by atoms with van der Waals surface area (Å²) in [6.45, 7) is -0.0564. The van der Waals surface area contributed by atoms with Gasteiger partial charge >= 0.3 is 18.1 Å². The first-order chi connectivity index (χ1) is 36.5. The van der Waals surface area contributed by atoms with Crippen LogP contribution in [0.5, 0.6) is 5.75 Å². The van der Waals surface area contributed by atoms with E-state index >= 15 is 14.4 Å². The van der Waals surface area contributed by atoms with Gasteiger partial charge in [0.2, 0.25) is 17.8 Å². The summed E-state index contributed by atoms with van der Waals surface area (Å²) in [6, 6.07) is 32.7. The fourth-order valence-corrected chi connectivity index (χ4v) is 10.9. The number of nitrogens with two attached hydrogens (primary N) is 1. The average molecular weight is 1010 g/mol. The maximum absolute atomic E-state index is 16.7. The number of urea groups is 1. The zero-order chi connectivity index (χ0) is 52.2. The number of carbonyl (C=O) groups excluding carboxylic acids is 5. The number of nitro benzene ring substituents is 1. The summed E-state index contributed by atoms with van der Waals surface area (Å²) in [4.78, 5) is 101. The quantitative estimate of drug-likeness (QED) is 0.0622. The summed E-state index contributed by atoms with van der Waals surface area (Å²) in [7, 11) is 0. The lowest BCUT2D eigenvalue weighted by molar-refractivity contribution is -0.384. The summed E-state index contributed by atoms with van der Waals surface area (Å²) in [6.07, 6.45) is 1.12. The van der Waals surface area contributed by atoms with Gasteiger partial charge in [0.15, 0.2) is 0 Å². The molecule has 0 saturated carbocycles. The number of fused-ring (bicyclic) bond motifs is 3. The molecule has 1 aromatic heterocycles. The fourth-order valence-electron chi connectivity index (χ4n) is 10.9.